The molecule has 0 radical (unpaired) electrons. The molecule has 0 bridgehead atoms. The third kappa shape index (κ3) is 5.06. The Bertz CT molecular complexity index is 245. The van der Waals surface area contributed by atoms with E-state index in [1.165, 1.54) is 6.42 Å². The first-order valence-electron chi connectivity index (χ1n) is 5.17. The summed E-state index contributed by atoms with van der Waals surface area (Å²) in [6, 6.07) is 0.304. The van der Waals surface area contributed by atoms with Crippen molar-refractivity contribution >= 4 is 23.6 Å². The Kier molecular flexibility index (Phi) is 4.94. The van der Waals surface area contributed by atoms with Crippen molar-refractivity contribution < 1.29 is 14.7 Å². The maximum Gasteiger partial charge on any atom is 0.313 e. The molecule has 86 valence electrons. The fraction of sp³-hybridized carbons (Fsp3) is 0.800. The molecule has 15 heavy (non-hydrogen) atoms. The van der Waals surface area contributed by atoms with E-state index < -0.39 is 5.97 Å². The molecule has 1 aliphatic rings. The quantitative estimate of drug-likeness (QED) is 0.744. The second kappa shape index (κ2) is 6.00. The zero-order chi connectivity index (χ0) is 11.3. The van der Waals surface area contributed by atoms with Gasteiger partial charge in [-0.25, -0.2) is 0 Å². The standard InChI is InChI=1S/C10H17NO3S/c1-7-2-3-8(4-7)11-9(12)5-15-6-10(13)14/h7-8H,2-6H2,1H3,(H,11,12)(H,13,14). The van der Waals surface area contributed by atoms with Crippen molar-refractivity contribution in [1.29, 1.82) is 0 Å². The SMILES string of the molecule is CC1CCC(NC(=O)CSCC(=O)O)C1. The lowest BCUT2D eigenvalue weighted by atomic mass is 10.1. The van der Waals surface area contributed by atoms with Crippen molar-refractivity contribution in [2.24, 2.45) is 5.92 Å². The van der Waals surface area contributed by atoms with E-state index in [1.54, 1.807) is 0 Å². The van der Waals surface area contributed by atoms with Gasteiger partial charge in [0.25, 0.3) is 0 Å². The molecule has 0 heterocycles. The maximum absolute atomic E-state index is 11.4. The van der Waals surface area contributed by atoms with Crippen LogP contribution in [0.4, 0.5) is 0 Å². The summed E-state index contributed by atoms with van der Waals surface area (Å²) in [5.41, 5.74) is 0. The maximum atomic E-state index is 11.4. The third-order valence-electron chi connectivity index (χ3n) is 2.52. The number of carboxylic acid groups (broad SMARTS) is 1. The number of rotatable bonds is 5. The zero-order valence-electron chi connectivity index (χ0n) is 8.86. The highest BCUT2D eigenvalue weighted by Crippen LogP contribution is 2.24. The van der Waals surface area contributed by atoms with Gasteiger partial charge >= 0.3 is 5.97 Å². The fourth-order valence-electron chi connectivity index (χ4n) is 1.84. The number of nitrogens with one attached hydrogen (secondary N) is 1. The van der Waals surface area contributed by atoms with Gasteiger partial charge < -0.3 is 10.4 Å². The first-order valence-corrected chi connectivity index (χ1v) is 6.32. The molecular weight excluding hydrogens is 214 g/mol. The van der Waals surface area contributed by atoms with Crippen LogP contribution < -0.4 is 5.32 Å². The summed E-state index contributed by atoms with van der Waals surface area (Å²) < 4.78 is 0. The van der Waals surface area contributed by atoms with Crippen LogP contribution in [-0.4, -0.2) is 34.5 Å². The number of carbonyl (C=O) groups is 2. The molecule has 2 atom stereocenters. The topological polar surface area (TPSA) is 66.4 Å². The third-order valence-corrected chi connectivity index (χ3v) is 3.44. The summed E-state index contributed by atoms with van der Waals surface area (Å²) in [6.07, 6.45) is 3.28. The van der Waals surface area contributed by atoms with Crippen molar-refractivity contribution in [3.8, 4) is 0 Å². The molecule has 1 fully saturated rings. The molecule has 0 aliphatic heterocycles. The van der Waals surface area contributed by atoms with Gasteiger partial charge in [-0.3, -0.25) is 9.59 Å². The first-order chi connectivity index (χ1) is 7.08. The van der Waals surface area contributed by atoms with Crippen molar-refractivity contribution in [3.63, 3.8) is 0 Å². The molecule has 1 aliphatic carbocycles. The van der Waals surface area contributed by atoms with Gasteiger partial charge in [0.1, 0.15) is 0 Å². The van der Waals surface area contributed by atoms with Crippen LogP contribution in [-0.2, 0) is 9.59 Å². The Morgan fingerprint density at radius 2 is 2.13 bits per heavy atom. The Hall–Kier alpha value is -0.710. The molecule has 2 unspecified atom stereocenters. The second-order valence-electron chi connectivity index (χ2n) is 4.07. The van der Waals surface area contributed by atoms with E-state index in [0.29, 0.717) is 12.0 Å². The summed E-state index contributed by atoms with van der Waals surface area (Å²) >= 11 is 1.14. The highest BCUT2D eigenvalue weighted by molar-refractivity contribution is 8.00. The summed E-state index contributed by atoms with van der Waals surface area (Å²) in [6.45, 7) is 2.19. The molecule has 0 spiro atoms. The van der Waals surface area contributed by atoms with Crippen LogP contribution in [0.2, 0.25) is 0 Å². The van der Waals surface area contributed by atoms with E-state index in [0.717, 1.165) is 24.6 Å². The average molecular weight is 231 g/mol. The number of hydrogen-bond donors (Lipinski definition) is 2. The molecule has 4 nitrogen and oxygen atoms in total. The van der Waals surface area contributed by atoms with Gasteiger partial charge in [-0.2, -0.15) is 0 Å². The molecule has 1 rings (SSSR count). The van der Waals surface area contributed by atoms with Crippen LogP contribution in [0.5, 0.6) is 0 Å². The number of amides is 1. The lowest BCUT2D eigenvalue weighted by Gasteiger charge is -2.11. The van der Waals surface area contributed by atoms with Gasteiger partial charge in [0, 0.05) is 6.04 Å². The molecule has 0 aromatic heterocycles. The van der Waals surface area contributed by atoms with Crippen molar-refractivity contribution in [2.45, 2.75) is 32.2 Å². The van der Waals surface area contributed by atoms with Crippen LogP contribution in [0.3, 0.4) is 0 Å². The number of carboxylic acids is 1. The predicted molar refractivity (Wildman–Crippen MR) is 59.9 cm³/mol. The van der Waals surface area contributed by atoms with Crippen molar-refractivity contribution in [2.75, 3.05) is 11.5 Å². The number of aliphatic carboxylic acids is 1. The minimum Gasteiger partial charge on any atom is -0.481 e. The van der Waals surface area contributed by atoms with E-state index in [4.69, 9.17) is 5.11 Å². The van der Waals surface area contributed by atoms with Crippen LogP contribution in [0.25, 0.3) is 0 Å². The predicted octanol–water partition coefficient (Wildman–Crippen LogP) is 1.11. The molecular formula is C10H17NO3S. The lowest BCUT2D eigenvalue weighted by Crippen LogP contribution is -2.34. The van der Waals surface area contributed by atoms with Crippen LogP contribution in [0.1, 0.15) is 26.2 Å². The Labute approximate surface area is 93.8 Å². The molecule has 5 heteroatoms. The molecule has 1 saturated carbocycles. The lowest BCUT2D eigenvalue weighted by molar-refractivity contribution is -0.133. The van der Waals surface area contributed by atoms with E-state index >= 15 is 0 Å². The van der Waals surface area contributed by atoms with Gasteiger partial charge in [0.15, 0.2) is 0 Å². The normalized spacial score (nSPS) is 25.1. The van der Waals surface area contributed by atoms with E-state index in [9.17, 15) is 9.59 Å². The monoisotopic (exact) mass is 231 g/mol. The van der Waals surface area contributed by atoms with Crippen LogP contribution in [0.15, 0.2) is 0 Å². The summed E-state index contributed by atoms with van der Waals surface area (Å²) in [5.74, 6) is 0.0238. The van der Waals surface area contributed by atoms with Gasteiger partial charge in [-0.1, -0.05) is 6.92 Å². The minimum atomic E-state index is -0.873. The number of thioether (sulfide) groups is 1. The summed E-state index contributed by atoms with van der Waals surface area (Å²) in [4.78, 5) is 21.6. The molecule has 2 N–H and O–H groups in total. The molecule has 0 aromatic rings. The van der Waals surface area contributed by atoms with E-state index in [-0.39, 0.29) is 17.4 Å². The van der Waals surface area contributed by atoms with Crippen LogP contribution in [0, 0.1) is 5.92 Å². The second-order valence-corrected chi connectivity index (χ2v) is 5.05. The molecule has 0 aromatic carbocycles. The minimum absolute atomic E-state index is 0.00547. The van der Waals surface area contributed by atoms with E-state index in [1.807, 2.05) is 0 Å². The number of hydrogen-bond acceptors (Lipinski definition) is 3. The van der Waals surface area contributed by atoms with Gasteiger partial charge in [0.2, 0.25) is 5.91 Å². The van der Waals surface area contributed by atoms with Gasteiger partial charge in [0.05, 0.1) is 11.5 Å². The van der Waals surface area contributed by atoms with Crippen LogP contribution >= 0.6 is 11.8 Å². The van der Waals surface area contributed by atoms with Crippen molar-refractivity contribution in [1.82, 2.24) is 5.32 Å². The first kappa shape index (κ1) is 12.4. The fourth-order valence-corrected chi connectivity index (χ4v) is 2.38. The molecule has 1 amide bonds. The summed E-state index contributed by atoms with van der Waals surface area (Å²) in [5, 5.41) is 11.3. The van der Waals surface area contributed by atoms with Crippen molar-refractivity contribution in [3.05, 3.63) is 0 Å². The Morgan fingerprint density at radius 3 is 2.67 bits per heavy atom. The van der Waals surface area contributed by atoms with Gasteiger partial charge in [-0.05, 0) is 25.2 Å². The number of carbonyl (C=O) groups excluding carboxylic acids is 1. The summed E-state index contributed by atoms with van der Waals surface area (Å²) in [7, 11) is 0. The Balaban J connectivity index is 2.10. The average Bonchev–Trinajstić information content (AvgIpc) is 2.50. The van der Waals surface area contributed by atoms with Gasteiger partial charge in [-0.15, -0.1) is 11.8 Å². The molecule has 0 saturated heterocycles. The zero-order valence-corrected chi connectivity index (χ0v) is 9.68. The van der Waals surface area contributed by atoms with E-state index in [2.05, 4.69) is 12.2 Å². The highest BCUT2D eigenvalue weighted by Gasteiger charge is 2.22. The largest absolute Gasteiger partial charge is 0.481 e. The highest BCUT2D eigenvalue weighted by atomic mass is 32.2. The Morgan fingerprint density at radius 1 is 1.40 bits per heavy atom. The smallest absolute Gasteiger partial charge is 0.313 e.